The van der Waals surface area contributed by atoms with Gasteiger partial charge in [0.15, 0.2) is 23.0 Å². The zero-order chi connectivity index (χ0) is 28.7. The molecule has 0 aromatic heterocycles. The van der Waals surface area contributed by atoms with Gasteiger partial charge in [-0.1, -0.05) is 55.7 Å². The molecule has 2 atom stereocenters. The maximum Gasteiger partial charge on any atom is 0.200 e. The molecule has 1 aliphatic carbocycles. The highest BCUT2D eigenvalue weighted by Gasteiger charge is 2.40. The summed E-state index contributed by atoms with van der Waals surface area (Å²) in [6.45, 7) is 0. The Morgan fingerprint density at radius 3 is 2.23 bits per heavy atom. The van der Waals surface area contributed by atoms with Crippen LogP contribution in [0.25, 0.3) is 0 Å². The molecule has 4 rings (SSSR count). The van der Waals surface area contributed by atoms with Gasteiger partial charge in [-0.3, -0.25) is 4.79 Å². The Hall–Kier alpha value is -3.71. The quantitative estimate of drug-likeness (QED) is 0.210. The summed E-state index contributed by atoms with van der Waals surface area (Å²) in [7, 11) is 2.93. The maximum atomic E-state index is 14.1. The van der Waals surface area contributed by atoms with E-state index in [2.05, 4.69) is 0 Å². The summed E-state index contributed by atoms with van der Waals surface area (Å²) in [5, 5.41) is 42.0. The Labute approximate surface area is 236 Å². The van der Waals surface area contributed by atoms with Crippen molar-refractivity contribution in [2.45, 2.75) is 69.3 Å². The van der Waals surface area contributed by atoms with Crippen LogP contribution in [0, 0.1) is 5.92 Å². The number of phenols is 3. The molecule has 7 heteroatoms. The SMILES string of the molecule is COc1cc(CC[C@@H](O)[C@@H](Cc2ccccc2)C(=O)CC2(c3cc(O)c(O)c(OC)c3)CCCCC2)ccc1O. The summed E-state index contributed by atoms with van der Waals surface area (Å²) in [6.07, 6.45) is 5.17. The van der Waals surface area contributed by atoms with Gasteiger partial charge in [-0.05, 0) is 73.1 Å². The minimum atomic E-state index is -0.879. The summed E-state index contributed by atoms with van der Waals surface area (Å²) in [5.41, 5.74) is 2.13. The molecule has 7 nitrogen and oxygen atoms in total. The molecule has 0 unspecified atom stereocenters. The second kappa shape index (κ2) is 13.1. The first-order valence-electron chi connectivity index (χ1n) is 14.0. The van der Waals surface area contributed by atoms with Crippen LogP contribution in [0.5, 0.6) is 28.7 Å². The molecule has 3 aromatic rings. The zero-order valence-corrected chi connectivity index (χ0v) is 23.3. The highest BCUT2D eigenvalue weighted by molar-refractivity contribution is 5.83. The van der Waals surface area contributed by atoms with Crippen molar-refractivity contribution in [3.8, 4) is 28.7 Å². The molecule has 0 bridgehead atoms. The molecule has 40 heavy (non-hydrogen) atoms. The molecule has 0 heterocycles. The van der Waals surface area contributed by atoms with Gasteiger partial charge in [0.2, 0.25) is 5.75 Å². The number of aryl methyl sites for hydroxylation is 1. The maximum absolute atomic E-state index is 14.1. The summed E-state index contributed by atoms with van der Waals surface area (Å²) in [5.74, 6) is -0.614. The van der Waals surface area contributed by atoms with E-state index in [4.69, 9.17) is 9.47 Å². The second-order valence-corrected chi connectivity index (χ2v) is 10.9. The van der Waals surface area contributed by atoms with Crippen LogP contribution in [0.4, 0.5) is 0 Å². The number of carbonyl (C=O) groups excluding carboxylic acids is 1. The monoisotopic (exact) mass is 548 g/mol. The number of ketones is 1. The molecule has 1 aliphatic rings. The van der Waals surface area contributed by atoms with E-state index in [1.54, 1.807) is 30.3 Å². The Morgan fingerprint density at radius 1 is 0.850 bits per heavy atom. The molecular weight excluding hydrogens is 508 g/mol. The van der Waals surface area contributed by atoms with Gasteiger partial charge in [0.25, 0.3) is 0 Å². The number of benzene rings is 3. The number of aliphatic hydroxyl groups excluding tert-OH is 1. The van der Waals surface area contributed by atoms with Gasteiger partial charge < -0.3 is 29.9 Å². The summed E-state index contributed by atoms with van der Waals surface area (Å²) < 4.78 is 10.5. The van der Waals surface area contributed by atoms with Crippen LogP contribution in [0.15, 0.2) is 60.7 Å². The minimum Gasteiger partial charge on any atom is -0.504 e. The van der Waals surface area contributed by atoms with E-state index in [9.17, 15) is 25.2 Å². The molecule has 0 aliphatic heterocycles. The first-order chi connectivity index (χ1) is 19.3. The molecule has 0 radical (unpaired) electrons. The second-order valence-electron chi connectivity index (χ2n) is 10.9. The van der Waals surface area contributed by atoms with Crippen LogP contribution in [0.2, 0.25) is 0 Å². The highest BCUT2D eigenvalue weighted by atomic mass is 16.5. The number of hydrogen-bond acceptors (Lipinski definition) is 7. The molecular formula is C33H40O7. The van der Waals surface area contributed by atoms with E-state index in [0.29, 0.717) is 25.0 Å². The van der Waals surface area contributed by atoms with Gasteiger partial charge in [-0.25, -0.2) is 0 Å². The predicted octanol–water partition coefficient (Wildman–Crippen LogP) is 5.83. The molecule has 4 N–H and O–H groups in total. The third kappa shape index (κ3) is 6.70. The minimum absolute atomic E-state index is 0.0203. The van der Waals surface area contributed by atoms with Crippen LogP contribution in [-0.2, 0) is 23.1 Å². The summed E-state index contributed by atoms with van der Waals surface area (Å²) >= 11 is 0. The highest BCUT2D eigenvalue weighted by Crippen LogP contribution is 2.48. The fourth-order valence-electron chi connectivity index (χ4n) is 6.04. The van der Waals surface area contributed by atoms with Gasteiger partial charge >= 0.3 is 0 Å². The number of rotatable bonds is 12. The lowest BCUT2D eigenvalue weighted by molar-refractivity contribution is -0.128. The molecule has 214 valence electrons. The Balaban J connectivity index is 1.61. The van der Waals surface area contributed by atoms with E-state index >= 15 is 0 Å². The average Bonchev–Trinajstić information content (AvgIpc) is 2.97. The average molecular weight is 549 g/mol. The number of Topliss-reactive ketones (excluding diaryl/α,β-unsaturated/α-hetero) is 1. The molecule has 1 saturated carbocycles. The van der Waals surface area contributed by atoms with Gasteiger partial charge in [0.05, 0.1) is 20.3 Å². The third-order valence-corrected chi connectivity index (χ3v) is 8.36. The number of hydrogen-bond donors (Lipinski definition) is 4. The van der Waals surface area contributed by atoms with Crippen LogP contribution in [0.1, 0.15) is 61.6 Å². The normalized spacial score (nSPS) is 16.2. The van der Waals surface area contributed by atoms with Crippen molar-refractivity contribution in [1.82, 2.24) is 0 Å². The van der Waals surface area contributed by atoms with Crippen molar-refractivity contribution in [3.63, 3.8) is 0 Å². The summed E-state index contributed by atoms with van der Waals surface area (Å²) in [6, 6.07) is 18.1. The van der Waals surface area contributed by atoms with Crippen molar-refractivity contribution in [2.24, 2.45) is 5.92 Å². The largest absolute Gasteiger partial charge is 0.504 e. The Kier molecular flexibility index (Phi) is 9.58. The lowest BCUT2D eigenvalue weighted by Crippen LogP contribution is -2.38. The van der Waals surface area contributed by atoms with Crippen LogP contribution in [0.3, 0.4) is 0 Å². The van der Waals surface area contributed by atoms with Gasteiger partial charge in [-0.15, -0.1) is 0 Å². The standard InChI is InChI=1S/C33H40O7/c1-39-30-18-23(12-14-27(30)35)11-13-26(34)25(17-22-9-5-3-6-10-22)29(37)21-33(15-7-4-8-16-33)24-19-28(36)32(38)31(20-24)40-2/h3,5-6,9-10,12,14,18-20,25-26,34-36,38H,4,7-8,11,13,15-17,21H2,1-2H3/t25-,26-/m1/s1. The predicted molar refractivity (Wildman–Crippen MR) is 153 cm³/mol. The van der Waals surface area contributed by atoms with Crippen molar-refractivity contribution in [2.75, 3.05) is 14.2 Å². The fraction of sp³-hybridized carbons (Fsp3) is 0.424. The van der Waals surface area contributed by atoms with Gasteiger partial charge in [0, 0.05) is 17.8 Å². The molecule has 0 saturated heterocycles. The lowest BCUT2D eigenvalue weighted by Gasteiger charge is -2.39. The van der Waals surface area contributed by atoms with Gasteiger partial charge in [-0.2, -0.15) is 0 Å². The number of ether oxygens (including phenoxy) is 2. The van der Waals surface area contributed by atoms with Gasteiger partial charge in [0.1, 0.15) is 5.78 Å². The number of aliphatic hydroxyl groups is 1. The van der Waals surface area contributed by atoms with Crippen LogP contribution >= 0.6 is 0 Å². The topological polar surface area (TPSA) is 116 Å². The van der Waals surface area contributed by atoms with Crippen molar-refractivity contribution >= 4 is 5.78 Å². The number of methoxy groups -OCH3 is 2. The van der Waals surface area contributed by atoms with Crippen molar-refractivity contribution < 1.29 is 34.7 Å². The van der Waals surface area contributed by atoms with Crippen molar-refractivity contribution in [3.05, 3.63) is 77.4 Å². The van der Waals surface area contributed by atoms with E-state index in [-0.39, 0.29) is 35.2 Å². The number of aromatic hydroxyl groups is 3. The van der Waals surface area contributed by atoms with E-state index < -0.39 is 17.4 Å². The first-order valence-corrected chi connectivity index (χ1v) is 14.0. The Morgan fingerprint density at radius 2 is 1.55 bits per heavy atom. The first kappa shape index (κ1) is 29.3. The fourth-order valence-corrected chi connectivity index (χ4v) is 6.04. The molecule has 0 amide bonds. The lowest BCUT2D eigenvalue weighted by atomic mass is 9.65. The molecule has 3 aromatic carbocycles. The zero-order valence-electron chi connectivity index (χ0n) is 23.3. The smallest absolute Gasteiger partial charge is 0.200 e. The number of phenolic OH excluding ortho intramolecular Hbond substituents is 3. The molecule has 1 fully saturated rings. The third-order valence-electron chi connectivity index (χ3n) is 8.36. The van der Waals surface area contributed by atoms with E-state index in [1.165, 1.54) is 14.2 Å². The molecule has 0 spiro atoms. The van der Waals surface area contributed by atoms with Crippen LogP contribution in [-0.4, -0.2) is 46.5 Å². The Bertz CT molecular complexity index is 1280. The van der Waals surface area contributed by atoms with E-state index in [1.807, 2.05) is 30.3 Å². The van der Waals surface area contributed by atoms with E-state index in [0.717, 1.165) is 48.8 Å². The number of carbonyl (C=O) groups is 1. The van der Waals surface area contributed by atoms with Crippen molar-refractivity contribution in [1.29, 1.82) is 0 Å². The summed E-state index contributed by atoms with van der Waals surface area (Å²) in [4.78, 5) is 14.1. The van der Waals surface area contributed by atoms with Crippen LogP contribution < -0.4 is 9.47 Å².